The molecule has 1 atom stereocenters. The van der Waals surface area contributed by atoms with Crippen LogP contribution in [-0.2, 0) is 16.0 Å². The second kappa shape index (κ2) is 11.8. The summed E-state index contributed by atoms with van der Waals surface area (Å²) in [5.41, 5.74) is 2.40. The quantitative estimate of drug-likeness (QED) is 0.380. The monoisotopic (exact) mass is 362 g/mol. The summed E-state index contributed by atoms with van der Waals surface area (Å²) in [6, 6.07) is 8.50. The van der Waals surface area contributed by atoms with Crippen LogP contribution in [0.5, 0.6) is 0 Å². The van der Waals surface area contributed by atoms with Crippen molar-refractivity contribution < 1.29 is 9.47 Å². The normalized spacial score (nSPS) is 17.3. The number of hydrogen-bond donors (Lipinski definition) is 2. The molecule has 0 amide bonds. The summed E-state index contributed by atoms with van der Waals surface area (Å²) in [5.74, 6) is 1.44. The van der Waals surface area contributed by atoms with E-state index in [2.05, 4.69) is 51.7 Å². The van der Waals surface area contributed by atoms with E-state index < -0.39 is 0 Å². The minimum absolute atomic E-state index is 0.584. The highest BCUT2D eigenvalue weighted by molar-refractivity contribution is 5.79. The summed E-state index contributed by atoms with van der Waals surface area (Å²) in [6.07, 6.45) is 2.10. The van der Waals surface area contributed by atoms with E-state index in [-0.39, 0.29) is 0 Å². The second-order valence-electron chi connectivity index (χ2n) is 6.84. The Labute approximate surface area is 158 Å². The molecule has 26 heavy (non-hydrogen) atoms. The molecule has 0 aliphatic carbocycles. The van der Waals surface area contributed by atoms with Gasteiger partial charge in [0.15, 0.2) is 5.96 Å². The van der Waals surface area contributed by atoms with Crippen LogP contribution in [0.2, 0.25) is 0 Å². The fourth-order valence-corrected chi connectivity index (χ4v) is 2.76. The maximum atomic E-state index is 5.73. The first kappa shape index (κ1) is 20.5. The van der Waals surface area contributed by atoms with E-state index in [1.165, 1.54) is 11.3 Å². The van der Waals surface area contributed by atoms with E-state index in [1.54, 1.807) is 0 Å². The van der Waals surface area contributed by atoms with Crippen molar-refractivity contribution in [3.8, 4) is 0 Å². The first-order valence-corrected chi connectivity index (χ1v) is 9.63. The van der Waals surface area contributed by atoms with Crippen molar-refractivity contribution in [1.29, 1.82) is 0 Å². The highest BCUT2D eigenvalue weighted by atomic mass is 16.5. The smallest absolute Gasteiger partial charge is 0.191 e. The summed E-state index contributed by atoms with van der Waals surface area (Å²) >= 11 is 0. The van der Waals surface area contributed by atoms with Crippen LogP contribution in [0.1, 0.15) is 25.3 Å². The van der Waals surface area contributed by atoms with E-state index in [9.17, 15) is 0 Å². The van der Waals surface area contributed by atoms with Gasteiger partial charge in [-0.15, -0.1) is 0 Å². The zero-order valence-electron chi connectivity index (χ0n) is 16.5. The molecule has 1 aliphatic rings. The van der Waals surface area contributed by atoms with Crippen molar-refractivity contribution in [1.82, 2.24) is 10.6 Å². The summed E-state index contributed by atoms with van der Waals surface area (Å²) in [5, 5.41) is 6.67. The van der Waals surface area contributed by atoms with Gasteiger partial charge >= 0.3 is 0 Å². The molecular formula is C20H34N4O2. The van der Waals surface area contributed by atoms with Gasteiger partial charge in [0.2, 0.25) is 0 Å². The molecule has 1 aromatic rings. The third-order valence-corrected chi connectivity index (χ3v) is 4.35. The van der Waals surface area contributed by atoms with Gasteiger partial charge in [-0.3, -0.25) is 0 Å². The van der Waals surface area contributed by atoms with Crippen LogP contribution in [0.4, 0.5) is 5.69 Å². The zero-order chi connectivity index (χ0) is 18.6. The van der Waals surface area contributed by atoms with Gasteiger partial charge in [-0.05, 0) is 37.5 Å². The Morgan fingerprint density at radius 1 is 1.27 bits per heavy atom. The van der Waals surface area contributed by atoms with Gasteiger partial charge in [0.05, 0.1) is 19.8 Å². The van der Waals surface area contributed by atoms with E-state index in [4.69, 9.17) is 9.47 Å². The van der Waals surface area contributed by atoms with Gasteiger partial charge in [0.1, 0.15) is 0 Å². The number of rotatable bonds is 10. The van der Waals surface area contributed by atoms with Gasteiger partial charge in [-0.2, -0.15) is 0 Å². The van der Waals surface area contributed by atoms with Gasteiger partial charge < -0.3 is 25.0 Å². The standard InChI is InChI=1S/C20H34N4O2/c1-4-21-20(22-11-5-12-25-15-18-10-13-26-16-18)23-14-17-6-8-19(9-7-17)24(2)3/h6-9,18H,4-5,10-16H2,1-3H3,(H2,21,22,23). The number of ether oxygens (including phenoxy) is 2. The lowest BCUT2D eigenvalue weighted by Crippen LogP contribution is -2.38. The van der Waals surface area contributed by atoms with E-state index in [1.807, 2.05) is 14.1 Å². The minimum atomic E-state index is 0.584. The first-order chi connectivity index (χ1) is 12.7. The molecule has 1 unspecified atom stereocenters. The summed E-state index contributed by atoms with van der Waals surface area (Å²) < 4.78 is 11.1. The SMILES string of the molecule is CCNC(=NCc1ccc(N(C)C)cc1)NCCCOCC1CCOC1. The number of nitrogens with zero attached hydrogens (tertiary/aromatic N) is 2. The zero-order valence-corrected chi connectivity index (χ0v) is 16.5. The molecular weight excluding hydrogens is 328 g/mol. The third-order valence-electron chi connectivity index (χ3n) is 4.35. The lowest BCUT2D eigenvalue weighted by atomic mass is 10.1. The molecule has 6 heteroatoms. The van der Waals surface area contributed by atoms with Crippen molar-refractivity contribution in [3.63, 3.8) is 0 Å². The van der Waals surface area contributed by atoms with Crippen molar-refractivity contribution in [3.05, 3.63) is 29.8 Å². The minimum Gasteiger partial charge on any atom is -0.381 e. The molecule has 0 saturated carbocycles. The number of benzene rings is 1. The fourth-order valence-electron chi connectivity index (χ4n) is 2.76. The number of aliphatic imine (C=N–C) groups is 1. The topological polar surface area (TPSA) is 58.1 Å². The van der Waals surface area contributed by atoms with Gasteiger partial charge in [0, 0.05) is 52.0 Å². The molecule has 2 N–H and O–H groups in total. The first-order valence-electron chi connectivity index (χ1n) is 9.63. The molecule has 6 nitrogen and oxygen atoms in total. The van der Waals surface area contributed by atoms with Gasteiger partial charge in [-0.25, -0.2) is 4.99 Å². The summed E-state index contributed by atoms with van der Waals surface area (Å²) in [6.45, 7) is 7.78. The molecule has 0 radical (unpaired) electrons. The Kier molecular flexibility index (Phi) is 9.28. The molecule has 0 bridgehead atoms. The summed E-state index contributed by atoms with van der Waals surface area (Å²) in [4.78, 5) is 6.76. The lowest BCUT2D eigenvalue weighted by Gasteiger charge is -2.13. The van der Waals surface area contributed by atoms with Crippen LogP contribution in [0.25, 0.3) is 0 Å². The van der Waals surface area contributed by atoms with Crippen molar-refractivity contribution >= 4 is 11.6 Å². The Morgan fingerprint density at radius 2 is 2.08 bits per heavy atom. The third kappa shape index (κ3) is 7.62. The van der Waals surface area contributed by atoms with Crippen LogP contribution in [0, 0.1) is 5.92 Å². The van der Waals surface area contributed by atoms with E-state index in [0.717, 1.165) is 58.3 Å². The number of hydrogen-bond acceptors (Lipinski definition) is 4. The highest BCUT2D eigenvalue weighted by Gasteiger charge is 2.15. The highest BCUT2D eigenvalue weighted by Crippen LogP contribution is 2.13. The molecule has 0 spiro atoms. The maximum Gasteiger partial charge on any atom is 0.191 e. The molecule has 1 heterocycles. The van der Waals surface area contributed by atoms with Crippen molar-refractivity contribution in [2.75, 3.05) is 58.5 Å². The molecule has 1 saturated heterocycles. The summed E-state index contributed by atoms with van der Waals surface area (Å²) in [7, 11) is 4.09. The Bertz CT molecular complexity index is 525. The Hall–Kier alpha value is -1.79. The molecule has 2 rings (SSSR count). The predicted molar refractivity (Wildman–Crippen MR) is 108 cm³/mol. The Morgan fingerprint density at radius 3 is 2.73 bits per heavy atom. The van der Waals surface area contributed by atoms with E-state index in [0.29, 0.717) is 12.5 Å². The van der Waals surface area contributed by atoms with Gasteiger partial charge in [0.25, 0.3) is 0 Å². The lowest BCUT2D eigenvalue weighted by molar-refractivity contribution is 0.0888. The number of anilines is 1. The van der Waals surface area contributed by atoms with Crippen LogP contribution < -0.4 is 15.5 Å². The number of nitrogens with one attached hydrogen (secondary N) is 2. The van der Waals surface area contributed by atoms with Crippen LogP contribution in [0.3, 0.4) is 0 Å². The van der Waals surface area contributed by atoms with E-state index >= 15 is 0 Å². The largest absolute Gasteiger partial charge is 0.381 e. The second-order valence-corrected chi connectivity index (χ2v) is 6.84. The average Bonchev–Trinajstić information content (AvgIpc) is 3.16. The van der Waals surface area contributed by atoms with Crippen LogP contribution in [-0.4, -0.2) is 59.6 Å². The molecule has 0 aromatic heterocycles. The Balaban J connectivity index is 1.66. The predicted octanol–water partition coefficient (Wildman–Crippen LogP) is 2.25. The average molecular weight is 363 g/mol. The molecule has 1 fully saturated rings. The van der Waals surface area contributed by atoms with Crippen LogP contribution in [0.15, 0.2) is 29.3 Å². The number of guanidine groups is 1. The van der Waals surface area contributed by atoms with Crippen molar-refractivity contribution in [2.24, 2.45) is 10.9 Å². The fraction of sp³-hybridized carbons (Fsp3) is 0.650. The van der Waals surface area contributed by atoms with Crippen molar-refractivity contribution in [2.45, 2.75) is 26.3 Å². The maximum absolute atomic E-state index is 5.73. The van der Waals surface area contributed by atoms with Gasteiger partial charge in [-0.1, -0.05) is 12.1 Å². The van der Waals surface area contributed by atoms with Crippen LogP contribution >= 0.6 is 0 Å². The molecule has 146 valence electrons. The molecule has 1 aromatic carbocycles. The molecule has 1 aliphatic heterocycles.